The number of nitrogens with zero attached hydrogens (tertiary/aromatic N) is 1. The fraction of sp³-hybridized carbons (Fsp3) is 0.837. The van der Waals surface area contributed by atoms with Gasteiger partial charge in [-0.1, -0.05) is 31.8 Å². The molecule has 0 radical (unpaired) electrons. The maximum atomic E-state index is 12.1. The van der Waals surface area contributed by atoms with Crippen LogP contribution in [0.25, 0.3) is 0 Å². The first-order valence-electron chi connectivity index (χ1n) is 22.8. The Kier molecular flexibility index (Phi) is 42.3. The summed E-state index contributed by atoms with van der Waals surface area (Å²) in [7, 11) is 0. The first kappa shape index (κ1) is 61.0. The van der Waals surface area contributed by atoms with Gasteiger partial charge in [-0.3, -0.25) is 28.8 Å². The molecule has 0 bridgehead atoms. The first-order chi connectivity index (χ1) is 31.4. The molecule has 22 nitrogen and oxygen atoms in total. The molecule has 22 heteroatoms. The van der Waals surface area contributed by atoms with Crippen molar-refractivity contribution >= 4 is 41.2 Å². The van der Waals surface area contributed by atoms with E-state index >= 15 is 0 Å². The number of rotatable bonds is 48. The average molecular weight is 936 g/mol. The lowest BCUT2D eigenvalue weighted by Gasteiger charge is -2.09. The molecular weight excluding hydrogens is 855 g/mol. The molecule has 6 amide bonds. The summed E-state index contributed by atoms with van der Waals surface area (Å²) in [5.41, 5.74) is 11.0. The number of amides is 6. The van der Waals surface area contributed by atoms with E-state index in [2.05, 4.69) is 26.4 Å². The molecule has 0 unspecified atom stereocenters. The summed E-state index contributed by atoms with van der Waals surface area (Å²) in [6.07, 6.45) is 5.81. The van der Waals surface area contributed by atoms with Crippen LogP contribution in [0.15, 0.2) is 5.16 Å². The van der Waals surface area contributed by atoms with Gasteiger partial charge in [0.2, 0.25) is 29.5 Å². The highest BCUT2D eigenvalue weighted by molar-refractivity contribution is 5.86. The zero-order chi connectivity index (χ0) is 48.0. The molecule has 0 aromatic carbocycles. The predicted molar refractivity (Wildman–Crippen MR) is 241 cm³/mol. The third kappa shape index (κ3) is 44.9. The predicted octanol–water partition coefficient (Wildman–Crippen LogP) is 0.120. The summed E-state index contributed by atoms with van der Waals surface area (Å²) in [5.74, 6) is -1.56. The molecule has 0 saturated heterocycles. The van der Waals surface area contributed by atoms with Crippen LogP contribution >= 0.6 is 0 Å². The van der Waals surface area contributed by atoms with E-state index in [1.165, 1.54) is 0 Å². The van der Waals surface area contributed by atoms with Gasteiger partial charge in [0, 0.05) is 57.3 Å². The number of hydrogen-bond donors (Lipinski definition) is 6. The Bertz CT molecular complexity index is 1280. The standard InChI is InChI=1S/C43H81N7O15/c1-35(42(44)55)8-4-6-14-46-39(52)12-18-57-22-26-61-30-32-63-28-24-59-20-16-48-38(51)11-10-37(3)50-65-34-41(54)49-17-21-60-25-29-64-33-31-62-27-23-58-19-13-40(53)47-15-7-5-9-36(2)43(45)56/h35-36H,4-34H2,1-3H3,(H2,44,55)(H2,45,56)(H,46,52)(H,47,53)(H,48,51)(H,49,54)/b50-37-/t35-,36-/m0/s1. The first-order valence-corrected chi connectivity index (χ1v) is 22.8. The van der Waals surface area contributed by atoms with Gasteiger partial charge in [0.05, 0.1) is 111 Å². The van der Waals surface area contributed by atoms with Gasteiger partial charge >= 0.3 is 0 Å². The van der Waals surface area contributed by atoms with Crippen molar-refractivity contribution in [3.05, 3.63) is 0 Å². The molecule has 0 aromatic heterocycles. The fourth-order valence-electron chi connectivity index (χ4n) is 5.13. The summed E-state index contributed by atoms with van der Waals surface area (Å²) in [4.78, 5) is 74.8. The largest absolute Gasteiger partial charge is 0.386 e. The molecule has 8 N–H and O–H groups in total. The van der Waals surface area contributed by atoms with Crippen molar-refractivity contribution in [2.45, 2.75) is 85.0 Å². The minimum atomic E-state index is -0.349. The number of nitrogens with two attached hydrogens (primary N) is 2. The molecule has 0 spiro atoms. The molecule has 0 aliphatic heterocycles. The van der Waals surface area contributed by atoms with E-state index in [9.17, 15) is 28.8 Å². The Hall–Kier alpha value is -4.03. The number of oxime groups is 1. The van der Waals surface area contributed by atoms with Crippen LogP contribution in [-0.4, -0.2) is 180 Å². The lowest BCUT2D eigenvalue weighted by Crippen LogP contribution is -2.30. The molecule has 378 valence electrons. The summed E-state index contributed by atoms with van der Waals surface area (Å²) < 4.78 is 43.5. The SMILES string of the molecule is C/C(CCC(=O)NCCOCCOCCOCCOCCC(=O)NCCCC[C@H](C)C(N)=O)=N/OCC(=O)NCCOCCOCCOCCOCCC(=O)NCCCC[C@H](C)C(N)=O. The van der Waals surface area contributed by atoms with E-state index in [0.717, 1.165) is 38.5 Å². The van der Waals surface area contributed by atoms with Gasteiger partial charge in [0.25, 0.3) is 5.91 Å². The van der Waals surface area contributed by atoms with Crippen LogP contribution in [-0.2, 0) is 71.5 Å². The Balaban J connectivity index is 3.47. The van der Waals surface area contributed by atoms with Crippen LogP contribution in [0.1, 0.15) is 85.0 Å². The van der Waals surface area contributed by atoms with Crippen molar-refractivity contribution in [1.82, 2.24) is 21.3 Å². The van der Waals surface area contributed by atoms with Gasteiger partial charge in [0.1, 0.15) is 0 Å². The van der Waals surface area contributed by atoms with Crippen LogP contribution in [0.3, 0.4) is 0 Å². The summed E-state index contributed by atoms with van der Waals surface area (Å²) in [6.45, 7) is 12.7. The quantitative estimate of drug-likeness (QED) is 0.0268. The number of carbonyl (C=O) groups excluding carboxylic acids is 6. The maximum Gasteiger partial charge on any atom is 0.260 e. The molecular formula is C43H81N7O15. The Morgan fingerprint density at radius 1 is 0.415 bits per heavy atom. The summed E-state index contributed by atoms with van der Waals surface area (Å²) in [6, 6.07) is 0. The Labute approximate surface area is 385 Å². The van der Waals surface area contributed by atoms with Crippen LogP contribution in [0.5, 0.6) is 0 Å². The third-order valence-corrected chi connectivity index (χ3v) is 9.19. The monoisotopic (exact) mass is 936 g/mol. The zero-order valence-electron chi connectivity index (χ0n) is 39.3. The number of hydrogen-bond acceptors (Lipinski definition) is 16. The number of primary amides is 2. The van der Waals surface area contributed by atoms with Crippen molar-refractivity contribution in [2.24, 2.45) is 28.5 Å². The number of nitrogens with one attached hydrogen (secondary N) is 4. The second-order valence-corrected chi connectivity index (χ2v) is 15.0. The molecule has 0 heterocycles. The van der Waals surface area contributed by atoms with E-state index in [1.807, 2.05) is 0 Å². The van der Waals surface area contributed by atoms with Crippen LogP contribution in [0.2, 0.25) is 0 Å². The minimum Gasteiger partial charge on any atom is -0.386 e. The smallest absolute Gasteiger partial charge is 0.260 e. The number of unbranched alkanes of at least 4 members (excludes halogenated alkanes) is 2. The minimum absolute atomic E-state index is 0.0767. The average Bonchev–Trinajstić information content (AvgIpc) is 3.27. The Morgan fingerprint density at radius 3 is 1.12 bits per heavy atom. The molecule has 0 rings (SSSR count). The molecule has 0 fully saturated rings. The molecule has 0 aromatic rings. The summed E-state index contributed by atoms with van der Waals surface area (Å²) in [5, 5.41) is 15.0. The third-order valence-electron chi connectivity index (χ3n) is 9.19. The van der Waals surface area contributed by atoms with E-state index in [-0.39, 0.29) is 73.1 Å². The Morgan fingerprint density at radius 2 is 0.738 bits per heavy atom. The zero-order valence-corrected chi connectivity index (χ0v) is 39.3. The fourth-order valence-corrected chi connectivity index (χ4v) is 5.13. The lowest BCUT2D eigenvalue weighted by atomic mass is 10.0. The number of ether oxygens (including phenoxy) is 8. The van der Waals surface area contributed by atoms with Gasteiger partial charge in [-0.15, -0.1) is 0 Å². The van der Waals surface area contributed by atoms with Crippen LogP contribution in [0, 0.1) is 11.8 Å². The number of carbonyl (C=O) groups is 6. The lowest BCUT2D eigenvalue weighted by molar-refractivity contribution is -0.126. The van der Waals surface area contributed by atoms with Crippen molar-refractivity contribution < 1.29 is 71.5 Å². The van der Waals surface area contributed by atoms with Gasteiger partial charge in [-0.25, -0.2) is 0 Å². The van der Waals surface area contributed by atoms with Gasteiger partial charge in [-0.05, 0) is 39.0 Å². The van der Waals surface area contributed by atoms with Crippen LogP contribution in [0.4, 0.5) is 0 Å². The van der Waals surface area contributed by atoms with Crippen molar-refractivity contribution in [3.8, 4) is 0 Å². The van der Waals surface area contributed by atoms with Gasteiger partial charge < -0.3 is 75.5 Å². The van der Waals surface area contributed by atoms with Gasteiger partial charge in [0.15, 0.2) is 6.61 Å². The van der Waals surface area contributed by atoms with Crippen molar-refractivity contribution in [3.63, 3.8) is 0 Å². The highest BCUT2D eigenvalue weighted by Gasteiger charge is 2.10. The van der Waals surface area contributed by atoms with Gasteiger partial charge in [-0.2, -0.15) is 0 Å². The van der Waals surface area contributed by atoms with E-state index in [0.29, 0.717) is 144 Å². The highest BCUT2D eigenvalue weighted by atomic mass is 16.6. The highest BCUT2D eigenvalue weighted by Crippen LogP contribution is 2.07. The second kappa shape index (κ2) is 45.1. The van der Waals surface area contributed by atoms with Crippen molar-refractivity contribution in [2.75, 3.05) is 138 Å². The maximum absolute atomic E-state index is 12.1. The van der Waals surface area contributed by atoms with E-state index in [1.54, 1.807) is 20.8 Å². The second-order valence-electron chi connectivity index (χ2n) is 15.0. The topological polar surface area (TPSA) is 298 Å². The normalized spacial score (nSPS) is 12.3. The molecule has 0 aliphatic rings. The molecule has 2 atom stereocenters. The van der Waals surface area contributed by atoms with Crippen LogP contribution < -0.4 is 32.7 Å². The molecule has 0 saturated carbocycles. The van der Waals surface area contributed by atoms with E-state index in [4.69, 9.17) is 54.2 Å². The molecule has 0 aliphatic carbocycles. The van der Waals surface area contributed by atoms with E-state index < -0.39 is 0 Å². The summed E-state index contributed by atoms with van der Waals surface area (Å²) >= 11 is 0. The molecule has 65 heavy (non-hydrogen) atoms. The van der Waals surface area contributed by atoms with Crippen molar-refractivity contribution in [1.29, 1.82) is 0 Å².